The normalized spacial score (nSPS) is 18.6. The van der Waals surface area contributed by atoms with E-state index in [1.54, 1.807) is 24.3 Å². The largest absolute Gasteiger partial charge is 0.496 e. The number of rotatable bonds is 3. The molecule has 1 atom stereocenters. The zero-order chi connectivity index (χ0) is 20.1. The number of carbonyl (C=O) groups is 2. The molecule has 0 radical (unpaired) electrons. The van der Waals surface area contributed by atoms with Crippen molar-refractivity contribution in [1.82, 2.24) is 0 Å². The highest BCUT2D eigenvalue weighted by Gasteiger charge is 2.54. The Bertz CT molecular complexity index is 1110. The third-order valence-corrected chi connectivity index (χ3v) is 5.71. The van der Waals surface area contributed by atoms with E-state index in [0.717, 1.165) is 5.56 Å². The lowest BCUT2D eigenvalue weighted by Gasteiger charge is -2.28. The number of ether oxygens (including phenoxy) is 1. The van der Waals surface area contributed by atoms with Crippen LogP contribution in [0.1, 0.15) is 21.5 Å². The van der Waals surface area contributed by atoms with Gasteiger partial charge in [-0.25, -0.2) is 4.39 Å². The van der Waals surface area contributed by atoms with Crippen molar-refractivity contribution in [3.8, 4) is 16.9 Å². The van der Waals surface area contributed by atoms with E-state index in [9.17, 15) is 14.0 Å². The van der Waals surface area contributed by atoms with Crippen molar-refractivity contribution in [2.24, 2.45) is 0 Å². The second-order valence-electron chi connectivity index (χ2n) is 6.45. The van der Waals surface area contributed by atoms with Crippen molar-refractivity contribution in [2.45, 2.75) is 12.6 Å². The average molecular weight is 399 g/mol. The molecule has 0 saturated carbocycles. The summed E-state index contributed by atoms with van der Waals surface area (Å²) in [6.07, 6.45) is 0. The second-order valence-corrected chi connectivity index (χ2v) is 7.42. The molecule has 3 aromatic rings. The molecule has 1 aromatic heterocycles. The lowest BCUT2D eigenvalue weighted by Crippen LogP contribution is -2.47. The van der Waals surface area contributed by atoms with E-state index in [0.29, 0.717) is 22.6 Å². The molecule has 1 aliphatic rings. The third-order valence-electron chi connectivity index (χ3n) is 4.81. The maximum Gasteiger partial charge on any atom is 0.275 e. The molecule has 0 spiro atoms. The number of halogens is 2. The second kappa shape index (κ2) is 6.53. The van der Waals surface area contributed by atoms with Crippen LogP contribution in [0.15, 0.2) is 48.5 Å². The fourth-order valence-electron chi connectivity index (χ4n) is 3.34. The van der Waals surface area contributed by atoms with Gasteiger partial charge in [0.25, 0.3) is 11.6 Å². The smallest absolute Gasteiger partial charge is 0.275 e. The number of amides is 1. The summed E-state index contributed by atoms with van der Waals surface area (Å²) < 4.78 is 35.9. The lowest BCUT2D eigenvalue weighted by atomic mass is 9.83. The predicted octanol–water partition coefficient (Wildman–Crippen LogP) is 4.87. The average Bonchev–Trinajstić information content (AvgIpc) is 3.03. The van der Waals surface area contributed by atoms with Crippen LogP contribution in [0.5, 0.6) is 5.75 Å². The number of fused-ring (bicyclic) bond motifs is 1. The summed E-state index contributed by atoms with van der Waals surface area (Å²) in [5.41, 5.74) is -2.02. The number of hydrogen-bond acceptors (Lipinski definition) is 4. The number of hydrogen-bond donors (Lipinski definition) is 1. The van der Waals surface area contributed by atoms with Gasteiger partial charge in [-0.15, -0.1) is 0 Å². The van der Waals surface area contributed by atoms with Crippen LogP contribution in [0, 0.1) is 12.1 Å². The number of benzene rings is 2. The van der Waals surface area contributed by atoms with E-state index in [1.165, 1.54) is 31.4 Å². The fourth-order valence-corrected chi connectivity index (χ4v) is 4.28. The van der Waals surface area contributed by atoms with Gasteiger partial charge in [0, 0.05) is 11.1 Å². The van der Waals surface area contributed by atoms with Crippen molar-refractivity contribution in [1.29, 1.82) is 0 Å². The molecule has 28 heavy (non-hydrogen) atoms. The first-order chi connectivity index (χ1) is 13.4. The molecule has 1 unspecified atom stereocenters. The first-order valence-corrected chi connectivity index (χ1v) is 9.27. The summed E-state index contributed by atoms with van der Waals surface area (Å²) in [6, 6.07) is 12.4. The third kappa shape index (κ3) is 2.54. The summed E-state index contributed by atoms with van der Waals surface area (Å²) in [5, 5.41) is 1.69. The van der Waals surface area contributed by atoms with Gasteiger partial charge in [-0.3, -0.25) is 9.59 Å². The molecule has 1 amide bonds. The van der Waals surface area contributed by atoms with Crippen LogP contribution in [-0.4, -0.2) is 18.8 Å². The Morgan fingerprint density at radius 3 is 2.46 bits per heavy atom. The van der Waals surface area contributed by atoms with Crippen LogP contribution in [0.2, 0.25) is 0 Å². The van der Waals surface area contributed by atoms with E-state index < -0.39 is 22.5 Å². The molecule has 2 heterocycles. The SMILES string of the molecule is COc1cc(-c2c(F)sc3c2C(=O)C(F)(c2ccccc2)C(=O)N3)ccc1C. The topological polar surface area (TPSA) is 55.4 Å². The first kappa shape index (κ1) is 18.3. The molecule has 0 aliphatic carbocycles. The minimum absolute atomic E-state index is 0.00579. The highest BCUT2D eigenvalue weighted by Crippen LogP contribution is 2.47. The summed E-state index contributed by atoms with van der Waals surface area (Å²) in [5.74, 6) is -1.68. The van der Waals surface area contributed by atoms with Gasteiger partial charge in [0.15, 0.2) is 5.13 Å². The Morgan fingerprint density at radius 1 is 1.07 bits per heavy atom. The standard InChI is InChI=1S/C21H15F2NO3S/c1-11-8-9-12(10-14(11)27-2)15-16-17(25)21(23,13-6-4-3-5-7-13)20(26)24-19(16)28-18(15)22/h3-10H,1-2H3,(H,24,26). The summed E-state index contributed by atoms with van der Waals surface area (Å²) in [7, 11) is 1.49. The number of ketones is 1. The van der Waals surface area contributed by atoms with Gasteiger partial charge in [0.1, 0.15) is 10.8 Å². The van der Waals surface area contributed by atoms with E-state index in [2.05, 4.69) is 5.32 Å². The van der Waals surface area contributed by atoms with Crippen LogP contribution in [-0.2, 0) is 10.5 Å². The van der Waals surface area contributed by atoms with E-state index in [1.807, 2.05) is 6.92 Å². The zero-order valence-corrected chi connectivity index (χ0v) is 15.8. The molecule has 0 saturated heterocycles. The molecule has 0 fully saturated rings. The number of aryl methyl sites for hydroxylation is 1. The predicted molar refractivity (Wildman–Crippen MR) is 103 cm³/mol. The van der Waals surface area contributed by atoms with E-state index in [4.69, 9.17) is 4.74 Å². The molecular weight excluding hydrogens is 384 g/mol. The van der Waals surface area contributed by atoms with Gasteiger partial charge in [-0.1, -0.05) is 53.8 Å². The molecule has 7 heteroatoms. The van der Waals surface area contributed by atoms with Gasteiger partial charge in [-0.05, 0) is 24.1 Å². The lowest BCUT2D eigenvalue weighted by molar-refractivity contribution is -0.125. The molecule has 2 aromatic carbocycles. The van der Waals surface area contributed by atoms with Gasteiger partial charge in [-0.2, -0.15) is 4.39 Å². The minimum Gasteiger partial charge on any atom is -0.496 e. The quantitative estimate of drug-likeness (QED) is 0.639. The molecule has 0 bridgehead atoms. The van der Waals surface area contributed by atoms with E-state index in [-0.39, 0.29) is 21.7 Å². The summed E-state index contributed by atoms with van der Waals surface area (Å²) in [6.45, 7) is 1.83. The maximum absolute atomic E-state index is 15.8. The Labute approximate surface area is 163 Å². The van der Waals surface area contributed by atoms with Crippen LogP contribution >= 0.6 is 11.3 Å². The van der Waals surface area contributed by atoms with Crippen molar-refractivity contribution in [3.05, 3.63) is 70.4 Å². The number of methoxy groups -OCH3 is 1. The first-order valence-electron chi connectivity index (χ1n) is 8.46. The number of alkyl halides is 1. The zero-order valence-electron chi connectivity index (χ0n) is 15.0. The van der Waals surface area contributed by atoms with Crippen LogP contribution in [0.4, 0.5) is 13.8 Å². The summed E-state index contributed by atoms with van der Waals surface area (Å²) >= 11 is 0.606. The summed E-state index contributed by atoms with van der Waals surface area (Å²) in [4.78, 5) is 25.6. The molecular formula is C21H15F2NO3S. The minimum atomic E-state index is -2.93. The van der Waals surface area contributed by atoms with Gasteiger partial charge in [0.2, 0.25) is 5.78 Å². The number of carbonyl (C=O) groups excluding carboxylic acids is 2. The highest BCUT2D eigenvalue weighted by atomic mass is 32.1. The Kier molecular flexibility index (Phi) is 4.27. The highest BCUT2D eigenvalue weighted by molar-refractivity contribution is 7.15. The fraction of sp³-hybridized carbons (Fsp3) is 0.143. The van der Waals surface area contributed by atoms with Crippen molar-refractivity contribution < 1.29 is 23.1 Å². The molecule has 1 aliphatic heterocycles. The number of Topliss-reactive ketones (excluding diaryl/α,β-unsaturated/α-hetero) is 1. The monoisotopic (exact) mass is 399 g/mol. The molecule has 142 valence electrons. The van der Waals surface area contributed by atoms with Crippen molar-refractivity contribution in [2.75, 3.05) is 12.4 Å². The number of nitrogens with one attached hydrogen (secondary N) is 1. The Hall–Kier alpha value is -3.06. The molecule has 4 nitrogen and oxygen atoms in total. The molecule has 4 rings (SSSR count). The van der Waals surface area contributed by atoms with Gasteiger partial charge in [0.05, 0.1) is 12.7 Å². The van der Waals surface area contributed by atoms with Crippen LogP contribution in [0.25, 0.3) is 11.1 Å². The Morgan fingerprint density at radius 2 is 1.79 bits per heavy atom. The Balaban J connectivity index is 1.93. The van der Waals surface area contributed by atoms with Crippen LogP contribution < -0.4 is 10.1 Å². The number of thiophene rings is 1. The van der Waals surface area contributed by atoms with Gasteiger partial charge >= 0.3 is 0 Å². The number of anilines is 1. The van der Waals surface area contributed by atoms with Crippen LogP contribution in [0.3, 0.4) is 0 Å². The maximum atomic E-state index is 15.8. The van der Waals surface area contributed by atoms with Crippen molar-refractivity contribution in [3.63, 3.8) is 0 Å². The van der Waals surface area contributed by atoms with Gasteiger partial charge < -0.3 is 10.1 Å². The molecule has 1 N–H and O–H groups in total. The van der Waals surface area contributed by atoms with Crippen molar-refractivity contribution >= 4 is 28.0 Å². The van der Waals surface area contributed by atoms with E-state index >= 15 is 4.39 Å².